The molecule has 1 atom stereocenters. The van der Waals surface area contributed by atoms with Gasteiger partial charge in [-0.25, -0.2) is 0 Å². The van der Waals surface area contributed by atoms with Gasteiger partial charge in [-0.15, -0.1) is 12.4 Å². The van der Waals surface area contributed by atoms with E-state index in [0.29, 0.717) is 12.5 Å². The van der Waals surface area contributed by atoms with Crippen molar-refractivity contribution >= 4 is 36.0 Å². The Kier molecular flexibility index (Phi) is 8.88. The molecule has 160 valence electrons. The van der Waals surface area contributed by atoms with Gasteiger partial charge in [0.1, 0.15) is 0 Å². The van der Waals surface area contributed by atoms with E-state index in [1.807, 2.05) is 19.0 Å². The SMILES string of the molecule is CNC(CC(C)C)C(=O)N(C)CCC=C1c2ccccc2C=Cc2ccccc21.Cl. The van der Waals surface area contributed by atoms with Gasteiger partial charge in [-0.1, -0.05) is 80.6 Å². The van der Waals surface area contributed by atoms with Gasteiger partial charge in [0.15, 0.2) is 0 Å². The number of likely N-dealkylation sites (N-methyl/N-ethyl adjacent to an activating group) is 2. The van der Waals surface area contributed by atoms with E-state index in [1.165, 1.54) is 27.8 Å². The second-order valence-corrected chi connectivity index (χ2v) is 8.14. The molecule has 1 amide bonds. The van der Waals surface area contributed by atoms with E-state index in [2.05, 4.69) is 85.9 Å². The number of amides is 1. The third-order valence-electron chi connectivity index (χ3n) is 5.49. The molecule has 0 saturated heterocycles. The van der Waals surface area contributed by atoms with Gasteiger partial charge in [-0.3, -0.25) is 4.79 Å². The Hall–Kier alpha value is -2.36. The number of fused-ring (bicyclic) bond motifs is 2. The summed E-state index contributed by atoms with van der Waals surface area (Å²) >= 11 is 0. The molecule has 0 spiro atoms. The average Bonchev–Trinajstić information content (AvgIpc) is 2.88. The second-order valence-electron chi connectivity index (χ2n) is 8.14. The van der Waals surface area contributed by atoms with Crippen LogP contribution in [0.25, 0.3) is 17.7 Å². The zero-order chi connectivity index (χ0) is 20.8. The number of carbonyl (C=O) groups excluding carboxylic acids is 1. The lowest BCUT2D eigenvalue weighted by atomic mass is 9.93. The highest BCUT2D eigenvalue weighted by atomic mass is 35.5. The van der Waals surface area contributed by atoms with Crippen LogP contribution in [0.5, 0.6) is 0 Å². The summed E-state index contributed by atoms with van der Waals surface area (Å²) in [5, 5.41) is 3.17. The van der Waals surface area contributed by atoms with E-state index in [4.69, 9.17) is 0 Å². The second kappa shape index (κ2) is 11.1. The number of nitrogens with one attached hydrogen (secondary N) is 1. The molecular weight excluding hydrogens is 392 g/mol. The fourth-order valence-corrected chi connectivity index (χ4v) is 3.91. The van der Waals surface area contributed by atoms with Crippen LogP contribution in [-0.4, -0.2) is 37.5 Å². The van der Waals surface area contributed by atoms with Gasteiger partial charge in [0, 0.05) is 13.6 Å². The fraction of sp³-hybridized carbons (Fsp3) is 0.346. The highest BCUT2D eigenvalue weighted by Crippen LogP contribution is 2.33. The predicted molar refractivity (Wildman–Crippen MR) is 131 cm³/mol. The lowest BCUT2D eigenvalue weighted by molar-refractivity contribution is -0.132. The summed E-state index contributed by atoms with van der Waals surface area (Å²) in [4.78, 5) is 14.6. The minimum Gasteiger partial charge on any atom is -0.344 e. The van der Waals surface area contributed by atoms with E-state index in [1.54, 1.807) is 0 Å². The van der Waals surface area contributed by atoms with E-state index < -0.39 is 0 Å². The molecule has 3 rings (SSSR count). The van der Waals surface area contributed by atoms with Gasteiger partial charge in [0.25, 0.3) is 0 Å². The molecule has 30 heavy (non-hydrogen) atoms. The summed E-state index contributed by atoms with van der Waals surface area (Å²) in [6, 6.07) is 16.9. The average molecular weight is 425 g/mol. The van der Waals surface area contributed by atoms with Crippen molar-refractivity contribution in [1.82, 2.24) is 10.2 Å². The molecular formula is C26H33ClN2O. The Balaban J connectivity index is 0.00000320. The molecule has 0 aromatic heterocycles. The van der Waals surface area contributed by atoms with Crippen LogP contribution in [0.3, 0.4) is 0 Å². The van der Waals surface area contributed by atoms with Crippen molar-refractivity contribution in [2.75, 3.05) is 20.6 Å². The number of rotatable bonds is 7. The number of halogens is 1. The summed E-state index contributed by atoms with van der Waals surface area (Å²) in [5.74, 6) is 0.654. The molecule has 2 aromatic rings. The fourth-order valence-electron chi connectivity index (χ4n) is 3.91. The molecule has 0 heterocycles. The first-order valence-electron chi connectivity index (χ1n) is 10.5. The Morgan fingerprint density at radius 3 is 2.03 bits per heavy atom. The van der Waals surface area contributed by atoms with E-state index in [9.17, 15) is 4.79 Å². The van der Waals surface area contributed by atoms with Gasteiger partial charge in [0.05, 0.1) is 6.04 Å². The minimum absolute atomic E-state index is 0. The molecule has 0 saturated carbocycles. The number of hydrogen-bond donors (Lipinski definition) is 1. The first kappa shape index (κ1) is 23.9. The Labute approximate surface area is 187 Å². The lowest BCUT2D eigenvalue weighted by Crippen LogP contribution is -2.44. The van der Waals surface area contributed by atoms with E-state index in [-0.39, 0.29) is 24.4 Å². The van der Waals surface area contributed by atoms with Crippen molar-refractivity contribution in [3.05, 3.63) is 76.9 Å². The summed E-state index contributed by atoms with van der Waals surface area (Å²) in [6.45, 7) is 5.00. The molecule has 0 bridgehead atoms. The number of carbonyl (C=O) groups is 1. The Morgan fingerprint density at radius 2 is 1.53 bits per heavy atom. The molecule has 1 aliphatic rings. The zero-order valence-electron chi connectivity index (χ0n) is 18.4. The standard InChI is InChI=1S/C26H32N2O.ClH/c1-19(2)18-25(27-3)26(29)28(4)17-9-14-24-22-12-7-5-10-20(22)15-16-21-11-6-8-13-23(21)24;/h5-8,10-16,19,25,27H,9,17-18H2,1-4H3;1H. The lowest BCUT2D eigenvalue weighted by Gasteiger charge is -2.24. The largest absolute Gasteiger partial charge is 0.344 e. The highest BCUT2D eigenvalue weighted by molar-refractivity contribution is 5.93. The number of nitrogens with zero attached hydrogens (tertiary/aromatic N) is 1. The monoisotopic (exact) mass is 424 g/mol. The maximum absolute atomic E-state index is 12.8. The van der Waals surface area contributed by atoms with Gasteiger partial charge in [-0.2, -0.15) is 0 Å². The summed E-state index contributed by atoms with van der Waals surface area (Å²) in [5.41, 5.74) is 6.19. The smallest absolute Gasteiger partial charge is 0.239 e. The van der Waals surface area contributed by atoms with Crippen LogP contribution < -0.4 is 5.32 Å². The van der Waals surface area contributed by atoms with Crippen molar-refractivity contribution in [3.8, 4) is 0 Å². The van der Waals surface area contributed by atoms with Crippen LogP contribution in [0.15, 0.2) is 54.6 Å². The zero-order valence-corrected chi connectivity index (χ0v) is 19.2. The maximum Gasteiger partial charge on any atom is 0.239 e. The van der Waals surface area contributed by atoms with Crippen molar-refractivity contribution in [2.45, 2.75) is 32.7 Å². The molecule has 0 fully saturated rings. The Bertz CT molecular complexity index is 865. The molecule has 1 N–H and O–H groups in total. The van der Waals surface area contributed by atoms with Crippen LogP contribution in [0.2, 0.25) is 0 Å². The van der Waals surface area contributed by atoms with Crippen molar-refractivity contribution in [2.24, 2.45) is 5.92 Å². The van der Waals surface area contributed by atoms with Gasteiger partial charge < -0.3 is 10.2 Å². The topological polar surface area (TPSA) is 32.3 Å². The molecule has 1 aliphatic carbocycles. The van der Waals surface area contributed by atoms with E-state index >= 15 is 0 Å². The van der Waals surface area contributed by atoms with Crippen LogP contribution in [0.1, 0.15) is 48.9 Å². The maximum atomic E-state index is 12.8. The third kappa shape index (κ3) is 5.62. The molecule has 1 unspecified atom stereocenters. The number of benzene rings is 2. The minimum atomic E-state index is -0.115. The van der Waals surface area contributed by atoms with Crippen LogP contribution in [0.4, 0.5) is 0 Å². The molecule has 3 nitrogen and oxygen atoms in total. The van der Waals surface area contributed by atoms with Crippen molar-refractivity contribution in [1.29, 1.82) is 0 Å². The van der Waals surface area contributed by atoms with Gasteiger partial charge >= 0.3 is 0 Å². The van der Waals surface area contributed by atoms with Crippen LogP contribution >= 0.6 is 12.4 Å². The summed E-state index contributed by atoms with van der Waals surface area (Å²) in [6.07, 6.45) is 8.33. The first-order valence-corrected chi connectivity index (χ1v) is 10.5. The van der Waals surface area contributed by atoms with Crippen molar-refractivity contribution in [3.63, 3.8) is 0 Å². The molecule has 0 aliphatic heterocycles. The summed E-state index contributed by atoms with van der Waals surface area (Å²) in [7, 11) is 3.77. The van der Waals surface area contributed by atoms with Gasteiger partial charge in [-0.05, 0) is 53.6 Å². The third-order valence-corrected chi connectivity index (χ3v) is 5.49. The van der Waals surface area contributed by atoms with E-state index in [0.717, 1.165) is 12.8 Å². The quantitative estimate of drug-likeness (QED) is 0.542. The molecule has 4 heteroatoms. The van der Waals surface area contributed by atoms with Crippen molar-refractivity contribution < 1.29 is 4.79 Å². The van der Waals surface area contributed by atoms with Gasteiger partial charge in [0.2, 0.25) is 5.91 Å². The molecule has 0 radical (unpaired) electrons. The predicted octanol–water partition coefficient (Wildman–Crippen LogP) is 5.51. The highest BCUT2D eigenvalue weighted by Gasteiger charge is 2.21. The number of hydrogen-bond acceptors (Lipinski definition) is 2. The summed E-state index contributed by atoms with van der Waals surface area (Å²) < 4.78 is 0. The van der Waals surface area contributed by atoms with Crippen LogP contribution in [-0.2, 0) is 4.79 Å². The Morgan fingerprint density at radius 1 is 1.00 bits per heavy atom. The molecule has 2 aromatic carbocycles. The normalized spacial score (nSPS) is 13.0. The first-order chi connectivity index (χ1) is 14.0. The van der Waals surface area contributed by atoms with Crippen LogP contribution in [0, 0.1) is 5.92 Å².